The summed E-state index contributed by atoms with van der Waals surface area (Å²) in [5.74, 6) is 0.754. The lowest BCUT2D eigenvalue weighted by molar-refractivity contribution is -0.130. The van der Waals surface area contributed by atoms with Crippen LogP contribution in [0, 0.1) is 6.92 Å². The number of rotatable bonds is 7. The second-order valence-corrected chi connectivity index (χ2v) is 8.79. The van der Waals surface area contributed by atoms with Crippen molar-refractivity contribution in [2.45, 2.75) is 37.9 Å². The van der Waals surface area contributed by atoms with E-state index in [-0.39, 0.29) is 23.3 Å². The summed E-state index contributed by atoms with van der Waals surface area (Å²) in [6.45, 7) is 3.97. The molecule has 1 atom stereocenters. The molecule has 1 amide bonds. The summed E-state index contributed by atoms with van der Waals surface area (Å²) in [6, 6.07) is 17.2. The van der Waals surface area contributed by atoms with Gasteiger partial charge in [0.2, 0.25) is 0 Å². The number of H-pyrrole nitrogens is 1. The molecule has 3 aromatic rings. The van der Waals surface area contributed by atoms with Gasteiger partial charge in [-0.15, -0.1) is 0 Å². The van der Waals surface area contributed by atoms with Crippen molar-refractivity contribution in [3.63, 3.8) is 0 Å². The van der Waals surface area contributed by atoms with E-state index in [4.69, 9.17) is 9.84 Å². The van der Waals surface area contributed by atoms with Gasteiger partial charge < -0.3 is 9.72 Å². The van der Waals surface area contributed by atoms with Gasteiger partial charge in [-0.1, -0.05) is 48.5 Å². The fourth-order valence-electron chi connectivity index (χ4n) is 3.68. The molecule has 2 heterocycles. The molecular weight excluding hydrogens is 436 g/mol. The molecule has 0 saturated heterocycles. The summed E-state index contributed by atoms with van der Waals surface area (Å²) in [5, 5.41) is 6.72. The molecule has 33 heavy (non-hydrogen) atoms. The lowest BCUT2D eigenvalue weighted by Gasteiger charge is -2.22. The van der Waals surface area contributed by atoms with Gasteiger partial charge in [-0.05, 0) is 48.7 Å². The van der Waals surface area contributed by atoms with Gasteiger partial charge in [0.1, 0.15) is 5.75 Å². The number of aromatic amines is 1. The summed E-state index contributed by atoms with van der Waals surface area (Å²) in [5.41, 5.74) is 4.49. The average Bonchev–Trinajstić information content (AvgIpc) is 3.28. The first kappa shape index (κ1) is 22.8. The van der Waals surface area contributed by atoms with Crippen LogP contribution in [0.1, 0.15) is 41.8 Å². The maximum atomic E-state index is 13.2. The van der Waals surface area contributed by atoms with E-state index in [2.05, 4.69) is 9.97 Å². The van der Waals surface area contributed by atoms with Crippen molar-refractivity contribution in [1.82, 2.24) is 15.0 Å². The van der Waals surface area contributed by atoms with Gasteiger partial charge >= 0.3 is 0 Å². The molecule has 170 valence electrons. The highest BCUT2D eigenvalue weighted by molar-refractivity contribution is 7.99. The summed E-state index contributed by atoms with van der Waals surface area (Å²) < 4.78 is 5.25. The SMILES string of the molecule is CCc1cc(=O)[nH]c(SCC(=O)N2N=C(c3ccc(OC)cc3)C[C@H]2c2ccc(C)cc2)n1. The first-order chi connectivity index (χ1) is 16.0. The van der Waals surface area contributed by atoms with E-state index in [0.717, 1.165) is 28.2 Å². The average molecular weight is 463 g/mol. The van der Waals surface area contributed by atoms with Gasteiger partial charge in [0.05, 0.1) is 24.6 Å². The number of benzene rings is 2. The summed E-state index contributed by atoms with van der Waals surface area (Å²) in [7, 11) is 1.63. The van der Waals surface area contributed by atoms with Crippen LogP contribution in [-0.2, 0) is 11.2 Å². The Morgan fingerprint density at radius 3 is 2.58 bits per heavy atom. The number of aromatic nitrogens is 2. The number of hydrazone groups is 1. The van der Waals surface area contributed by atoms with Crippen molar-refractivity contribution < 1.29 is 9.53 Å². The molecule has 0 bridgehead atoms. The van der Waals surface area contributed by atoms with Gasteiger partial charge in [0, 0.05) is 18.2 Å². The first-order valence-electron chi connectivity index (χ1n) is 10.8. The molecule has 1 aliphatic rings. The molecule has 0 aliphatic carbocycles. The molecule has 0 spiro atoms. The Hall–Kier alpha value is -3.39. The van der Waals surface area contributed by atoms with Crippen molar-refractivity contribution in [3.8, 4) is 5.75 Å². The number of hydrogen-bond acceptors (Lipinski definition) is 6. The van der Waals surface area contributed by atoms with Crippen molar-refractivity contribution in [1.29, 1.82) is 0 Å². The normalized spacial score (nSPS) is 15.4. The fourth-order valence-corrected chi connectivity index (χ4v) is 4.42. The summed E-state index contributed by atoms with van der Waals surface area (Å²) in [6.07, 6.45) is 1.27. The van der Waals surface area contributed by atoms with Crippen molar-refractivity contribution in [3.05, 3.63) is 87.3 Å². The Balaban J connectivity index is 1.58. The number of carbonyl (C=O) groups excluding carboxylic acids is 1. The largest absolute Gasteiger partial charge is 0.497 e. The molecular formula is C25H26N4O3S. The first-order valence-corrected chi connectivity index (χ1v) is 11.8. The molecule has 2 aromatic carbocycles. The zero-order chi connectivity index (χ0) is 23.4. The monoisotopic (exact) mass is 462 g/mol. The van der Waals surface area contributed by atoms with E-state index < -0.39 is 0 Å². The maximum absolute atomic E-state index is 13.2. The highest BCUT2D eigenvalue weighted by atomic mass is 32.2. The quantitative estimate of drug-likeness (QED) is 0.422. The predicted octanol–water partition coefficient (Wildman–Crippen LogP) is 4.12. The number of methoxy groups -OCH3 is 1. The summed E-state index contributed by atoms with van der Waals surface area (Å²) >= 11 is 1.22. The molecule has 8 heteroatoms. The third-order valence-electron chi connectivity index (χ3n) is 5.52. The van der Waals surface area contributed by atoms with Crippen LogP contribution in [0.4, 0.5) is 0 Å². The number of nitrogens with one attached hydrogen (secondary N) is 1. The number of hydrogen-bond donors (Lipinski definition) is 1. The topological polar surface area (TPSA) is 87.7 Å². The Bertz CT molecular complexity index is 1220. The van der Waals surface area contributed by atoms with Gasteiger partial charge in [-0.25, -0.2) is 9.99 Å². The van der Waals surface area contributed by atoms with E-state index in [1.54, 1.807) is 12.1 Å². The van der Waals surface area contributed by atoms with Gasteiger partial charge in [0.15, 0.2) is 5.16 Å². The Morgan fingerprint density at radius 2 is 1.91 bits per heavy atom. The van der Waals surface area contributed by atoms with Crippen LogP contribution in [0.25, 0.3) is 0 Å². The van der Waals surface area contributed by atoms with Crippen molar-refractivity contribution in [2.75, 3.05) is 12.9 Å². The van der Waals surface area contributed by atoms with Crippen LogP contribution >= 0.6 is 11.8 Å². The second-order valence-electron chi connectivity index (χ2n) is 7.83. The van der Waals surface area contributed by atoms with Gasteiger partial charge in [-0.3, -0.25) is 9.59 Å². The summed E-state index contributed by atoms with van der Waals surface area (Å²) in [4.78, 5) is 32.2. The zero-order valence-corrected chi connectivity index (χ0v) is 19.7. The van der Waals surface area contributed by atoms with Gasteiger partial charge in [0.25, 0.3) is 11.5 Å². The lowest BCUT2D eigenvalue weighted by atomic mass is 9.97. The smallest absolute Gasteiger partial charge is 0.253 e. The highest BCUT2D eigenvalue weighted by Gasteiger charge is 2.33. The van der Waals surface area contributed by atoms with Crippen molar-refractivity contribution in [2.24, 2.45) is 5.10 Å². The molecule has 4 rings (SSSR count). The molecule has 0 unspecified atom stereocenters. The zero-order valence-electron chi connectivity index (χ0n) is 18.9. The number of ether oxygens (including phenoxy) is 1. The van der Waals surface area contributed by atoms with Crippen LogP contribution in [-0.4, -0.2) is 39.5 Å². The third-order valence-corrected chi connectivity index (χ3v) is 6.38. The second kappa shape index (κ2) is 10.0. The molecule has 1 aromatic heterocycles. The van der Waals surface area contributed by atoms with Crippen LogP contribution in [0.15, 0.2) is 69.6 Å². The van der Waals surface area contributed by atoms with Gasteiger partial charge in [-0.2, -0.15) is 5.10 Å². The lowest BCUT2D eigenvalue weighted by Crippen LogP contribution is -2.28. The number of carbonyl (C=O) groups is 1. The van der Waals surface area contributed by atoms with E-state index in [9.17, 15) is 9.59 Å². The molecule has 0 saturated carbocycles. The Kier molecular flexibility index (Phi) is 6.93. The van der Waals surface area contributed by atoms with Crippen LogP contribution in [0.5, 0.6) is 5.75 Å². The van der Waals surface area contributed by atoms with E-state index in [1.807, 2.05) is 62.4 Å². The Morgan fingerprint density at radius 1 is 1.18 bits per heavy atom. The molecule has 0 fully saturated rings. The third kappa shape index (κ3) is 5.34. The molecule has 7 nitrogen and oxygen atoms in total. The van der Waals surface area contributed by atoms with E-state index >= 15 is 0 Å². The highest BCUT2D eigenvalue weighted by Crippen LogP contribution is 2.34. The number of aryl methyl sites for hydroxylation is 2. The van der Waals surface area contributed by atoms with Crippen LogP contribution in [0.2, 0.25) is 0 Å². The van der Waals surface area contributed by atoms with Crippen LogP contribution < -0.4 is 10.3 Å². The molecule has 1 aliphatic heterocycles. The Labute approximate surface area is 196 Å². The molecule has 1 N–H and O–H groups in total. The minimum Gasteiger partial charge on any atom is -0.497 e. The predicted molar refractivity (Wildman–Crippen MR) is 130 cm³/mol. The van der Waals surface area contributed by atoms with E-state index in [1.165, 1.54) is 17.8 Å². The number of nitrogens with zero attached hydrogens (tertiary/aromatic N) is 3. The minimum atomic E-state index is -0.213. The fraction of sp³-hybridized carbons (Fsp3) is 0.280. The number of amides is 1. The molecule has 0 radical (unpaired) electrons. The van der Waals surface area contributed by atoms with Crippen molar-refractivity contribution >= 4 is 23.4 Å². The maximum Gasteiger partial charge on any atom is 0.253 e. The van der Waals surface area contributed by atoms with E-state index in [0.29, 0.717) is 23.7 Å². The minimum absolute atomic E-state index is 0.123. The standard InChI is InChI=1S/C25H26N4O3S/c1-4-19-13-23(30)27-25(26-19)33-15-24(31)29-22(18-7-5-16(2)6-8-18)14-21(28-29)17-9-11-20(32-3)12-10-17/h5-13,22H,4,14-15H2,1-3H3,(H,26,27,30)/t22-/m0/s1. The number of thioether (sulfide) groups is 1. The van der Waals surface area contributed by atoms with Crippen LogP contribution in [0.3, 0.4) is 0 Å².